The highest BCUT2D eigenvalue weighted by Crippen LogP contribution is 2.42. The molecule has 0 atom stereocenters. The first-order valence-electron chi connectivity index (χ1n) is 16.5. The maximum absolute atomic E-state index is 9.98. The maximum Gasteiger partial charge on any atom is 0.157 e. The number of thiophene rings is 1. The van der Waals surface area contributed by atoms with Crippen molar-refractivity contribution in [2.45, 2.75) is 70.3 Å². The van der Waals surface area contributed by atoms with Gasteiger partial charge in [0.1, 0.15) is 18.1 Å². The summed E-state index contributed by atoms with van der Waals surface area (Å²) in [5.41, 5.74) is 3.12. The normalized spacial score (nSPS) is 18.0. The van der Waals surface area contributed by atoms with Crippen LogP contribution in [0.3, 0.4) is 0 Å². The van der Waals surface area contributed by atoms with E-state index in [1.807, 2.05) is 24.3 Å². The van der Waals surface area contributed by atoms with Gasteiger partial charge in [0, 0.05) is 22.2 Å². The van der Waals surface area contributed by atoms with E-state index in [4.69, 9.17) is 4.74 Å². The lowest BCUT2D eigenvalue weighted by Crippen LogP contribution is -2.34. The number of likely N-dealkylation sites (tertiary alicyclic amines) is 2. The molecule has 1 aromatic heterocycles. The van der Waals surface area contributed by atoms with Gasteiger partial charge in [0.05, 0.1) is 0 Å². The molecule has 4 aromatic rings. The van der Waals surface area contributed by atoms with Gasteiger partial charge in [-0.15, -0.1) is 11.3 Å². The predicted octanol–water partition coefficient (Wildman–Crippen LogP) is 8.17. The van der Waals surface area contributed by atoms with E-state index in [-0.39, 0.29) is 17.2 Å². The molecule has 6 nitrogen and oxygen atoms in total. The number of fused-ring (bicyclic) bond motifs is 1. The highest BCUT2D eigenvalue weighted by Gasteiger charge is 2.23. The summed E-state index contributed by atoms with van der Waals surface area (Å²) in [7, 11) is 0. The van der Waals surface area contributed by atoms with Crippen molar-refractivity contribution >= 4 is 21.4 Å². The van der Waals surface area contributed by atoms with Gasteiger partial charge in [-0.1, -0.05) is 25.3 Å². The van der Waals surface area contributed by atoms with Gasteiger partial charge < -0.3 is 25.0 Å². The lowest BCUT2D eigenvalue weighted by Gasteiger charge is -2.30. The molecule has 3 aliphatic rings. The van der Waals surface area contributed by atoms with Crippen molar-refractivity contribution in [2.75, 3.05) is 39.3 Å². The number of hydrogen-bond donors (Lipinski definition) is 3. The second kappa shape index (κ2) is 14.7. The molecule has 234 valence electrons. The standard InChI is InChI=1S/C27H27NO4S.C10H19N/c29-20-6-9-22-23(15-18-3-10-24(30)25(31)16-18)27(33-26(22)17-20)19-4-7-21(8-5-19)32-14-13-28-11-1-2-12-28;1-2-6-10(7-3-1)11-8-4-5-9-11/h3-10,16-17,29-31H,1-2,11-15H2;10H,1-9H2. The first kappa shape index (κ1) is 30.8. The minimum absolute atomic E-state index is 0.123. The van der Waals surface area contributed by atoms with Crippen LogP contribution in [0.4, 0.5) is 0 Å². The molecule has 3 N–H and O–H groups in total. The Hall–Kier alpha value is -3.26. The van der Waals surface area contributed by atoms with E-state index in [1.165, 1.54) is 90.0 Å². The Morgan fingerprint density at radius 3 is 2.18 bits per heavy atom. The Kier molecular flexibility index (Phi) is 10.3. The molecule has 2 aliphatic heterocycles. The molecule has 0 unspecified atom stereocenters. The fraction of sp³-hybridized carbons (Fsp3) is 0.459. The molecule has 1 saturated carbocycles. The van der Waals surface area contributed by atoms with E-state index in [2.05, 4.69) is 21.9 Å². The molecule has 2 saturated heterocycles. The molecular weight excluding hydrogens is 568 g/mol. The average molecular weight is 615 g/mol. The third-order valence-electron chi connectivity index (χ3n) is 9.42. The number of phenols is 3. The van der Waals surface area contributed by atoms with E-state index >= 15 is 0 Å². The van der Waals surface area contributed by atoms with Gasteiger partial charge in [0.25, 0.3) is 0 Å². The minimum Gasteiger partial charge on any atom is -0.508 e. The topological polar surface area (TPSA) is 76.4 Å². The van der Waals surface area contributed by atoms with E-state index in [1.54, 1.807) is 29.5 Å². The molecule has 3 heterocycles. The first-order valence-corrected chi connectivity index (χ1v) is 17.3. The lowest BCUT2D eigenvalue weighted by atomic mass is 9.94. The zero-order chi connectivity index (χ0) is 30.3. The molecular formula is C37H46N2O4S. The molecule has 1 aliphatic carbocycles. The molecule has 44 heavy (non-hydrogen) atoms. The van der Waals surface area contributed by atoms with Crippen LogP contribution < -0.4 is 4.74 Å². The van der Waals surface area contributed by atoms with Crippen molar-refractivity contribution < 1.29 is 20.1 Å². The molecule has 0 radical (unpaired) electrons. The van der Waals surface area contributed by atoms with Gasteiger partial charge in [-0.25, -0.2) is 0 Å². The number of hydrogen-bond acceptors (Lipinski definition) is 7. The van der Waals surface area contributed by atoms with Crippen LogP contribution in [0, 0.1) is 0 Å². The summed E-state index contributed by atoms with van der Waals surface area (Å²) in [6, 6.07) is 19.5. The van der Waals surface area contributed by atoms with Gasteiger partial charge in [0.2, 0.25) is 0 Å². The van der Waals surface area contributed by atoms with Crippen molar-refractivity contribution in [1.82, 2.24) is 9.80 Å². The summed E-state index contributed by atoms with van der Waals surface area (Å²) < 4.78 is 6.97. The van der Waals surface area contributed by atoms with Crippen LogP contribution in [0.5, 0.6) is 23.0 Å². The summed E-state index contributed by atoms with van der Waals surface area (Å²) in [6.45, 7) is 6.79. The summed E-state index contributed by atoms with van der Waals surface area (Å²) >= 11 is 1.64. The highest BCUT2D eigenvalue weighted by molar-refractivity contribution is 7.22. The van der Waals surface area contributed by atoms with Gasteiger partial charge in [0.15, 0.2) is 11.5 Å². The van der Waals surface area contributed by atoms with Gasteiger partial charge >= 0.3 is 0 Å². The van der Waals surface area contributed by atoms with Crippen LogP contribution in [0.15, 0.2) is 60.7 Å². The van der Waals surface area contributed by atoms with Crippen molar-refractivity contribution in [3.63, 3.8) is 0 Å². The summed E-state index contributed by atoms with van der Waals surface area (Å²) in [5.74, 6) is 0.855. The van der Waals surface area contributed by atoms with E-state index in [0.717, 1.165) is 50.0 Å². The Labute approximate surface area is 265 Å². The van der Waals surface area contributed by atoms with Crippen molar-refractivity contribution in [2.24, 2.45) is 0 Å². The molecule has 3 aromatic carbocycles. The Bertz CT molecular complexity index is 1500. The number of phenolic OH excluding ortho intramolecular Hbond substituents is 3. The molecule has 0 amide bonds. The number of ether oxygens (including phenoxy) is 1. The molecule has 0 spiro atoms. The quantitative estimate of drug-likeness (QED) is 0.174. The minimum atomic E-state index is -0.126. The molecule has 7 rings (SSSR count). The van der Waals surface area contributed by atoms with Crippen LogP contribution >= 0.6 is 11.3 Å². The SMILES string of the molecule is C1CCC(N2CCCC2)CC1.Oc1ccc2c(Cc3ccc(O)c(O)c3)c(-c3ccc(OCCN4CCCC4)cc3)sc2c1. The lowest BCUT2D eigenvalue weighted by molar-refractivity contribution is 0.191. The van der Waals surface area contributed by atoms with E-state index in [9.17, 15) is 15.3 Å². The largest absolute Gasteiger partial charge is 0.508 e. The zero-order valence-corrected chi connectivity index (χ0v) is 26.5. The van der Waals surface area contributed by atoms with Crippen LogP contribution in [0.1, 0.15) is 68.9 Å². The summed E-state index contributed by atoms with van der Waals surface area (Å²) in [4.78, 5) is 6.28. The van der Waals surface area contributed by atoms with E-state index in [0.29, 0.717) is 13.0 Å². The second-order valence-electron chi connectivity index (χ2n) is 12.5. The molecule has 3 fully saturated rings. The fourth-order valence-corrected chi connectivity index (χ4v) is 8.24. The second-order valence-corrected chi connectivity index (χ2v) is 13.6. The smallest absolute Gasteiger partial charge is 0.157 e. The Morgan fingerprint density at radius 1 is 0.727 bits per heavy atom. The first-order chi connectivity index (χ1) is 21.5. The Morgan fingerprint density at radius 2 is 1.45 bits per heavy atom. The Balaban J connectivity index is 0.000000261. The van der Waals surface area contributed by atoms with Crippen LogP contribution in [-0.4, -0.2) is 70.5 Å². The third-order valence-corrected chi connectivity index (χ3v) is 10.7. The monoisotopic (exact) mass is 614 g/mol. The van der Waals surface area contributed by atoms with Gasteiger partial charge in [-0.05, 0) is 148 Å². The average Bonchev–Trinajstić information content (AvgIpc) is 3.83. The van der Waals surface area contributed by atoms with Crippen molar-refractivity contribution in [1.29, 1.82) is 0 Å². The van der Waals surface area contributed by atoms with Crippen molar-refractivity contribution in [3.8, 4) is 33.4 Å². The number of benzene rings is 3. The summed E-state index contributed by atoms with van der Waals surface area (Å²) in [5, 5.41) is 30.7. The van der Waals surface area contributed by atoms with Crippen LogP contribution in [-0.2, 0) is 6.42 Å². The maximum atomic E-state index is 9.98. The third kappa shape index (κ3) is 7.68. The number of aromatic hydroxyl groups is 3. The fourth-order valence-electron chi connectivity index (χ4n) is 6.98. The predicted molar refractivity (Wildman–Crippen MR) is 180 cm³/mol. The molecule has 7 heteroatoms. The number of rotatable bonds is 8. The zero-order valence-electron chi connectivity index (χ0n) is 25.7. The van der Waals surface area contributed by atoms with Gasteiger partial charge in [-0.2, -0.15) is 0 Å². The summed E-state index contributed by atoms with van der Waals surface area (Å²) in [6.07, 6.45) is 13.5. The van der Waals surface area contributed by atoms with E-state index < -0.39 is 0 Å². The highest BCUT2D eigenvalue weighted by atomic mass is 32.1. The van der Waals surface area contributed by atoms with Crippen LogP contribution in [0.25, 0.3) is 20.5 Å². The van der Waals surface area contributed by atoms with Crippen molar-refractivity contribution in [3.05, 3.63) is 71.8 Å². The van der Waals surface area contributed by atoms with Crippen LogP contribution in [0.2, 0.25) is 0 Å². The number of nitrogens with zero attached hydrogens (tertiary/aromatic N) is 2. The van der Waals surface area contributed by atoms with Gasteiger partial charge in [-0.3, -0.25) is 4.90 Å². The molecule has 0 bridgehead atoms.